The van der Waals surface area contributed by atoms with Crippen molar-refractivity contribution in [3.8, 4) is 6.07 Å². The molecule has 0 aromatic rings. The fourth-order valence-electron chi connectivity index (χ4n) is 2.05. The van der Waals surface area contributed by atoms with Gasteiger partial charge in [-0.15, -0.1) is 0 Å². The van der Waals surface area contributed by atoms with Gasteiger partial charge < -0.3 is 10.6 Å². The minimum Gasteiger partial charge on any atom is -0.313 e. The lowest BCUT2D eigenvalue weighted by Gasteiger charge is -2.27. The maximum absolute atomic E-state index is 8.96. The van der Waals surface area contributed by atoms with E-state index in [0.29, 0.717) is 6.04 Å². The molecule has 0 rings (SSSR count). The van der Waals surface area contributed by atoms with Gasteiger partial charge >= 0.3 is 0 Å². The van der Waals surface area contributed by atoms with Gasteiger partial charge in [0.25, 0.3) is 0 Å². The van der Waals surface area contributed by atoms with Crippen LogP contribution in [-0.4, -0.2) is 30.1 Å². The van der Waals surface area contributed by atoms with Crippen molar-refractivity contribution in [1.82, 2.24) is 4.90 Å². The first kappa shape index (κ1) is 15.4. The van der Waals surface area contributed by atoms with Crippen LogP contribution in [0.4, 0.5) is 0 Å². The Balaban J connectivity index is 3.94. The van der Waals surface area contributed by atoms with Gasteiger partial charge in [0, 0.05) is 6.04 Å². The highest BCUT2D eigenvalue weighted by Gasteiger charge is 2.21. The van der Waals surface area contributed by atoms with Crippen molar-refractivity contribution in [2.75, 3.05) is 13.6 Å². The van der Waals surface area contributed by atoms with Crippen LogP contribution in [0.25, 0.3) is 0 Å². The number of nitriles is 1. The topological polar surface area (TPSA) is 53.0 Å². The van der Waals surface area contributed by atoms with E-state index in [9.17, 15) is 0 Å². The lowest BCUT2D eigenvalue weighted by Crippen LogP contribution is -2.39. The van der Waals surface area contributed by atoms with E-state index >= 15 is 0 Å². The molecule has 2 N–H and O–H groups in total. The molecular weight excluding hydrogens is 198 g/mol. The van der Waals surface area contributed by atoms with Gasteiger partial charge in [0.05, 0.1) is 6.07 Å². The normalized spacial score (nSPS) is 15.1. The fourth-order valence-corrected chi connectivity index (χ4v) is 2.05. The van der Waals surface area contributed by atoms with Crippen LogP contribution in [0, 0.1) is 11.3 Å². The Morgan fingerprint density at radius 3 is 2.25 bits per heavy atom. The molecule has 0 aliphatic carbocycles. The molecule has 94 valence electrons. The molecule has 0 fully saturated rings. The van der Waals surface area contributed by atoms with Gasteiger partial charge in [-0.3, -0.25) is 0 Å². The minimum absolute atomic E-state index is 0.616. The first-order valence-electron chi connectivity index (χ1n) is 6.43. The van der Waals surface area contributed by atoms with E-state index in [-0.39, 0.29) is 0 Å². The summed E-state index contributed by atoms with van der Waals surface area (Å²) in [5.41, 5.74) is 5.33. The first-order chi connectivity index (χ1) is 7.52. The fraction of sp³-hybridized carbons (Fsp3) is 0.923. The Bertz CT molecular complexity index is 218. The maximum Gasteiger partial charge on any atom is 0.104 e. The number of hydrogen-bond acceptors (Lipinski definition) is 3. The summed E-state index contributed by atoms with van der Waals surface area (Å²) < 4.78 is 0. The molecule has 1 atom stereocenters. The van der Waals surface area contributed by atoms with Crippen molar-refractivity contribution in [3.05, 3.63) is 0 Å². The van der Waals surface area contributed by atoms with Crippen LogP contribution in [0.1, 0.15) is 52.9 Å². The molecule has 0 amide bonds. The standard InChI is InChI=1S/C13H27N3/c1-5-12(6-2)16(4)10-8-9-13(15,7-3)11-14/h12H,5-10,15H2,1-4H3. The highest BCUT2D eigenvalue weighted by molar-refractivity contribution is 5.03. The molecule has 0 spiro atoms. The maximum atomic E-state index is 8.96. The van der Waals surface area contributed by atoms with Crippen molar-refractivity contribution in [1.29, 1.82) is 5.26 Å². The van der Waals surface area contributed by atoms with E-state index < -0.39 is 5.54 Å². The van der Waals surface area contributed by atoms with E-state index in [1.165, 1.54) is 12.8 Å². The molecule has 0 heterocycles. The van der Waals surface area contributed by atoms with E-state index in [2.05, 4.69) is 31.9 Å². The van der Waals surface area contributed by atoms with Gasteiger partial charge in [-0.05, 0) is 45.7 Å². The summed E-state index contributed by atoms with van der Waals surface area (Å²) in [5.74, 6) is 0. The molecule has 0 aliphatic heterocycles. The molecular formula is C13H27N3. The van der Waals surface area contributed by atoms with Crippen molar-refractivity contribution in [3.63, 3.8) is 0 Å². The van der Waals surface area contributed by atoms with Gasteiger partial charge in [0.15, 0.2) is 0 Å². The van der Waals surface area contributed by atoms with Gasteiger partial charge in [-0.25, -0.2) is 0 Å². The van der Waals surface area contributed by atoms with E-state index in [1.54, 1.807) is 0 Å². The van der Waals surface area contributed by atoms with Gasteiger partial charge in [-0.2, -0.15) is 5.26 Å². The molecule has 3 heteroatoms. The molecule has 3 nitrogen and oxygen atoms in total. The quantitative estimate of drug-likeness (QED) is 0.690. The van der Waals surface area contributed by atoms with Gasteiger partial charge in [0.2, 0.25) is 0 Å². The van der Waals surface area contributed by atoms with Crippen molar-refractivity contribution in [2.45, 2.75) is 64.5 Å². The number of hydrogen-bond donors (Lipinski definition) is 1. The lowest BCUT2D eigenvalue weighted by molar-refractivity contribution is 0.220. The Kier molecular flexibility index (Phi) is 7.36. The van der Waals surface area contributed by atoms with Crippen molar-refractivity contribution >= 4 is 0 Å². The smallest absolute Gasteiger partial charge is 0.104 e. The minimum atomic E-state index is -0.616. The van der Waals surface area contributed by atoms with Crippen molar-refractivity contribution in [2.24, 2.45) is 5.73 Å². The third kappa shape index (κ3) is 4.96. The number of nitrogens with zero attached hydrogens (tertiary/aromatic N) is 2. The van der Waals surface area contributed by atoms with Crippen LogP contribution in [0.3, 0.4) is 0 Å². The van der Waals surface area contributed by atoms with Crippen LogP contribution in [0.2, 0.25) is 0 Å². The van der Waals surface area contributed by atoms with Crippen molar-refractivity contribution < 1.29 is 0 Å². The summed E-state index contributed by atoms with van der Waals surface area (Å²) in [6.07, 6.45) is 4.91. The monoisotopic (exact) mass is 225 g/mol. The summed E-state index contributed by atoms with van der Waals surface area (Å²) in [4.78, 5) is 2.38. The second-order valence-electron chi connectivity index (χ2n) is 4.68. The van der Waals surface area contributed by atoms with E-state index in [4.69, 9.17) is 11.0 Å². The molecule has 0 radical (unpaired) electrons. The largest absolute Gasteiger partial charge is 0.313 e. The molecule has 0 saturated heterocycles. The van der Waals surface area contributed by atoms with E-state index in [0.717, 1.165) is 25.8 Å². The zero-order valence-corrected chi connectivity index (χ0v) is 11.3. The van der Waals surface area contributed by atoms with Crippen LogP contribution in [0.15, 0.2) is 0 Å². The van der Waals surface area contributed by atoms with Crippen LogP contribution >= 0.6 is 0 Å². The number of nitrogens with two attached hydrogens (primary N) is 1. The SMILES string of the molecule is CCC(CC)N(C)CCCC(N)(C#N)CC. The molecule has 0 saturated carbocycles. The third-order valence-electron chi connectivity index (χ3n) is 3.55. The molecule has 0 aromatic carbocycles. The Morgan fingerprint density at radius 2 is 1.88 bits per heavy atom. The summed E-state index contributed by atoms with van der Waals surface area (Å²) >= 11 is 0. The Morgan fingerprint density at radius 1 is 1.31 bits per heavy atom. The van der Waals surface area contributed by atoms with Crippen LogP contribution in [0.5, 0.6) is 0 Å². The summed E-state index contributed by atoms with van der Waals surface area (Å²) in [6.45, 7) is 7.46. The van der Waals surface area contributed by atoms with Crippen LogP contribution in [-0.2, 0) is 0 Å². The lowest BCUT2D eigenvalue weighted by atomic mass is 9.93. The Labute approximate surface area is 101 Å². The first-order valence-corrected chi connectivity index (χ1v) is 6.43. The average molecular weight is 225 g/mol. The predicted molar refractivity (Wildman–Crippen MR) is 69.1 cm³/mol. The van der Waals surface area contributed by atoms with Crippen LogP contribution < -0.4 is 5.73 Å². The summed E-state index contributed by atoms with van der Waals surface area (Å²) in [6, 6.07) is 2.88. The molecule has 0 bridgehead atoms. The Hall–Kier alpha value is -0.590. The highest BCUT2D eigenvalue weighted by atomic mass is 15.1. The second-order valence-corrected chi connectivity index (χ2v) is 4.68. The second kappa shape index (κ2) is 7.65. The molecule has 1 unspecified atom stereocenters. The zero-order chi connectivity index (χ0) is 12.6. The average Bonchev–Trinajstić information content (AvgIpc) is 2.30. The third-order valence-corrected chi connectivity index (χ3v) is 3.55. The predicted octanol–water partition coefficient (Wildman–Crippen LogP) is 2.52. The summed E-state index contributed by atoms with van der Waals surface area (Å²) in [7, 11) is 2.16. The molecule has 0 aromatic heterocycles. The van der Waals surface area contributed by atoms with E-state index in [1.807, 2.05) is 6.92 Å². The summed E-state index contributed by atoms with van der Waals surface area (Å²) in [5, 5.41) is 8.96. The van der Waals surface area contributed by atoms with Gasteiger partial charge in [-0.1, -0.05) is 20.8 Å². The zero-order valence-electron chi connectivity index (χ0n) is 11.3. The molecule has 16 heavy (non-hydrogen) atoms. The van der Waals surface area contributed by atoms with Gasteiger partial charge in [0.1, 0.15) is 5.54 Å². The molecule has 0 aliphatic rings. The number of rotatable bonds is 8. The highest BCUT2D eigenvalue weighted by Crippen LogP contribution is 2.14.